The lowest BCUT2D eigenvalue weighted by Gasteiger charge is -2.09. The largest absolute Gasteiger partial charge is 0.461 e. The molecular weight excluding hydrogens is 312 g/mol. The SMILES string of the molecule is Cc1cc2oc(=O)cc(COC(=O)Cc3cccs3)c2cc1C. The van der Waals surface area contributed by atoms with Crippen molar-refractivity contribution in [2.75, 3.05) is 0 Å². The van der Waals surface area contributed by atoms with Gasteiger partial charge in [-0.05, 0) is 48.6 Å². The second-order valence-electron chi connectivity index (χ2n) is 5.44. The number of carbonyl (C=O) groups excluding carboxylic acids is 1. The van der Waals surface area contributed by atoms with Gasteiger partial charge in [-0.25, -0.2) is 4.79 Å². The van der Waals surface area contributed by atoms with Crippen LogP contribution in [0.15, 0.2) is 44.9 Å². The quantitative estimate of drug-likeness (QED) is 0.540. The first-order valence-corrected chi connectivity index (χ1v) is 8.13. The molecule has 2 aromatic heterocycles. The molecule has 0 unspecified atom stereocenters. The molecule has 0 aliphatic carbocycles. The van der Waals surface area contributed by atoms with E-state index in [0.717, 1.165) is 21.4 Å². The fraction of sp³-hybridized carbons (Fsp3) is 0.222. The van der Waals surface area contributed by atoms with Crippen molar-refractivity contribution in [2.24, 2.45) is 0 Å². The van der Waals surface area contributed by atoms with Crippen LogP contribution in [0.2, 0.25) is 0 Å². The summed E-state index contributed by atoms with van der Waals surface area (Å²) in [4.78, 5) is 24.6. The molecule has 3 aromatic rings. The number of benzene rings is 1. The Balaban J connectivity index is 1.83. The predicted molar refractivity (Wildman–Crippen MR) is 89.8 cm³/mol. The first kappa shape index (κ1) is 15.5. The van der Waals surface area contributed by atoms with Crippen molar-refractivity contribution in [2.45, 2.75) is 26.9 Å². The van der Waals surface area contributed by atoms with E-state index in [0.29, 0.717) is 11.1 Å². The van der Waals surface area contributed by atoms with Gasteiger partial charge in [-0.2, -0.15) is 0 Å². The maximum Gasteiger partial charge on any atom is 0.336 e. The van der Waals surface area contributed by atoms with E-state index in [-0.39, 0.29) is 19.0 Å². The van der Waals surface area contributed by atoms with Crippen LogP contribution in [0, 0.1) is 13.8 Å². The van der Waals surface area contributed by atoms with E-state index in [9.17, 15) is 9.59 Å². The molecule has 2 heterocycles. The van der Waals surface area contributed by atoms with Gasteiger partial charge in [-0.15, -0.1) is 11.3 Å². The van der Waals surface area contributed by atoms with E-state index in [1.54, 1.807) is 0 Å². The zero-order chi connectivity index (χ0) is 16.4. The Hall–Kier alpha value is -2.40. The lowest BCUT2D eigenvalue weighted by molar-refractivity contribution is -0.144. The van der Waals surface area contributed by atoms with Crippen LogP contribution in [0.25, 0.3) is 11.0 Å². The number of thiophene rings is 1. The fourth-order valence-corrected chi connectivity index (χ4v) is 3.06. The molecule has 4 nitrogen and oxygen atoms in total. The van der Waals surface area contributed by atoms with Gasteiger partial charge in [0.1, 0.15) is 12.2 Å². The van der Waals surface area contributed by atoms with Crippen molar-refractivity contribution in [3.05, 3.63) is 67.7 Å². The van der Waals surface area contributed by atoms with Crippen LogP contribution >= 0.6 is 11.3 Å². The van der Waals surface area contributed by atoms with Crippen molar-refractivity contribution in [1.29, 1.82) is 0 Å². The van der Waals surface area contributed by atoms with Crippen molar-refractivity contribution in [3.8, 4) is 0 Å². The lowest BCUT2D eigenvalue weighted by atomic mass is 10.0. The number of esters is 1. The second-order valence-corrected chi connectivity index (χ2v) is 6.47. The topological polar surface area (TPSA) is 56.5 Å². The van der Waals surface area contributed by atoms with Crippen LogP contribution < -0.4 is 5.63 Å². The van der Waals surface area contributed by atoms with E-state index in [1.807, 2.05) is 43.5 Å². The van der Waals surface area contributed by atoms with Crippen molar-refractivity contribution >= 4 is 28.3 Å². The highest BCUT2D eigenvalue weighted by Gasteiger charge is 2.11. The minimum absolute atomic E-state index is 0.0643. The minimum atomic E-state index is -0.440. The zero-order valence-electron chi connectivity index (χ0n) is 12.9. The highest BCUT2D eigenvalue weighted by Crippen LogP contribution is 2.22. The van der Waals surface area contributed by atoms with Gasteiger partial charge >= 0.3 is 11.6 Å². The van der Waals surface area contributed by atoms with Gasteiger partial charge in [0.25, 0.3) is 0 Å². The predicted octanol–water partition coefficient (Wildman–Crippen LogP) is 3.76. The lowest BCUT2D eigenvalue weighted by Crippen LogP contribution is -2.09. The van der Waals surface area contributed by atoms with Crippen LogP contribution in [0.3, 0.4) is 0 Å². The number of fused-ring (bicyclic) bond motifs is 1. The van der Waals surface area contributed by atoms with Crippen LogP contribution in [0.5, 0.6) is 0 Å². The summed E-state index contributed by atoms with van der Waals surface area (Å²) >= 11 is 1.52. The monoisotopic (exact) mass is 328 g/mol. The number of hydrogen-bond acceptors (Lipinski definition) is 5. The summed E-state index contributed by atoms with van der Waals surface area (Å²) in [5, 5.41) is 2.72. The molecule has 118 valence electrons. The highest BCUT2D eigenvalue weighted by molar-refractivity contribution is 7.10. The van der Waals surface area contributed by atoms with Gasteiger partial charge in [0.15, 0.2) is 0 Å². The maximum atomic E-state index is 11.9. The summed E-state index contributed by atoms with van der Waals surface area (Å²) in [6.45, 7) is 4.02. The second kappa shape index (κ2) is 6.38. The third-order valence-electron chi connectivity index (χ3n) is 3.73. The first-order chi connectivity index (χ1) is 11.0. The van der Waals surface area contributed by atoms with Gasteiger partial charge in [0.2, 0.25) is 0 Å². The normalized spacial score (nSPS) is 10.9. The summed E-state index contributed by atoms with van der Waals surface area (Å²) in [7, 11) is 0. The third-order valence-corrected chi connectivity index (χ3v) is 4.61. The minimum Gasteiger partial charge on any atom is -0.461 e. The number of carbonyl (C=O) groups is 1. The molecule has 0 N–H and O–H groups in total. The smallest absolute Gasteiger partial charge is 0.336 e. The third kappa shape index (κ3) is 3.51. The van der Waals surface area contributed by atoms with Gasteiger partial charge in [-0.1, -0.05) is 6.07 Å². The Morgan fingerprint density at radius 1 is 1.22 bits per heavy atom. The number of ether oxygens (including phenoxy) is 1. The summed E-state index contributed by atoms with van der Waals surface area (Å²) in [6, 6.07) is 8.97. The van der Waals surface area contributed by atoms with Crippen molar-refractivity contribution in [3.63, 3.8) is 0 Å². The molecule has 0 amide bonds. The van der Waals surface area contributed by atoms with E-state index >= 15 is 0 Å². The molecule has 1 aromatic carbocycles. The summed E-state index contributed by atoms with van der Waals surface area (Å²) in [5.41, 5.74) is 2.89. The standard InChI is InChI=1S/C18H16O4S/c1-11-6-15-13(8-18(20)22-16(15)7-12(11)2)10-21-17(19)9-14-4-3-5-23-14/h3-8H,9-10H2,1-2H3. The molecule has 0 saturated heterocycles. The fourth-order valence-electron chi connectivity index (χ4n) is 2.37. The molecule has 23 heavy (non-hydrogen) atoms. The summed E-state index contributed by atoms with van der Waals surface area (Å²) in [5.74, 6) is -0.308. The molecule has 0 saturated carbocycles. The van der Waals surface area contributed by atoms with Crippen LogP contribution in [-0.4, -0.2) is 5.97 Å². The molecule has 0 fully saturated rings. The highest BCUT2D eigenvalue weighted by atomic mass is 32.1. The molecule has 5 heteroatoms. The maximum absolute atomic E-state index is 11.9. The van der Waals surface area contributed by atoms with E-state index in [2.05, 4.69) is 0 Å². The Labute approximate surface area is 137 Å². The van der Waals surface area contributed by atoms with E-state index in [4.69, 9.17) is 9.15 Å². The van der Waals surface area contributed by atoms with Gasteiger partial charge in [0.05, 0.1) is 6.42 Å². The molecule has 0 spiro atoms. The Kier molecular flexibility index (Phi) is 4.30. The Morgan fingerprint density at radius 3 is 2.74 bits per heavy atom. The molecule has 0 aliphatic rings. The summed E-state index contributed by atoms with van der Waals surface area (Å²) in [6.07, 6.45) is 0.245. The van der Waals surface area contributed by atoms with Gasteiger partial charge in [-0.3, -0.25) is 4.79 Å². The molecule has 0 aliphatic heterocycles. The van der Waals surface area contributed by atoms with Gasteiger partial charge < -0.3 is 9.15 Å². The zero-order valence-corrected chi connectivity index (χ0v) is 13.7. The number of rotatable bonds is 4. The van der Waals surface area contributed by atoms with Crippen molar-refractivity contribution < 1.29 is 13.9 Å². The van der Waals surface area contributed by atoms with Crippen LogP contribution in [-0.2, 0) is 22.6 Å². The molecule has 0 bridgehead atoms. The van der Waals surface area contributed by atoms with E-state index < -0.39 is 5.63 Å². The average Bonchev–Trinajstić information content (AvgIpc) is 2.99. The van der Waals surface area contributed by atoms with Gasteiger partial charge in [0, 0.05) is 21.9 Å². The molecule has 0 radical (unpaired) electrons. The Bertz CT molecular complexity index is 907. The van der Waals surface area contributed by atoms with E-state index in [1.165, 1.54) is 17.4 Å². The first-order valence-electron chi connectivity index (χ1n) is 7.25. The number of hydrogen-bond donors (Lipinski definition) is 0. The van der Waals surface area contributed by atoms with Crippen LogP contribution in [0.4, 0.5) is 0 Å². The average molecular weight is 328 g/mol. The molecular formula is C18H16O4S. The number of aryl methyl sites for hydroxylation is 2. The van der Waals surface area contributed by atoms with Crippen molar-refractivity contribution in [1.82, 2.24) is 0 Å². The Morgan fingerprint density at radius 2 is 2.00 bits per heavy atom. The molecule has 3 rings (SSSR count). The molecule has 0 atom stereocenters. The summed E-state index contributed by atoms with van der Waals surface area (Å²) < 4.78 is 10.6. The van der Waals surface area contributed by atoms with Crippen LogP contribution in [0.1, 0.15) is 21.6 Å².